The van der Waals surface area contributed by atoms with Gasteiger partial charge in [0.25, 0.3) is 0 Å². The van der Waals surface area contributed by atoms with E-state index in [2.05, 4.69) is 196 Å². The fourth-order valence-electron chi connectivity index (χ4n) is 10.5. The van der Waals surface area contributed by atoms with Crippen LogP contribution in [0.1, 0.15) is 25.0 Å². The van der Waals surface area contributed by atoms with Crippen LogP contribution in [0.3, 0.4) is 0 Å². The van der Waals surface area contributed by atoms with Gasteiger partial charge in [-0.25, -0.2) is 0 Å². The molecule has 0 N–H and O–H groups in total. The minimum absolute atomic E-state index is 0.134. The van der Waals surface area contributed by atoms with Crippen LogP contribution in [0.15, 0.2) is 182 Å². The lowest BCUT2D eigenvalue weighted by Gasteiger charge is -2.23. The van der Waals surface area contributed by atoms with E-state index in [1.807, 2.05) is 22.7 Å². The van der Waals surface area contributed by atoms with E-state index in [0.717, 1.165) is 0 Å². The highest BCUT2D eigenvalue weighted by molar-refractivity contribution is 7.33. The quantitative estimate of drug-likeness (QED) is 0.157. The number of benzene rings is 10. The Labute approximate surface area is 350 Å². The molecule has 0 spiro atoms. The monoisotopic (exact) mass is 784 g/mol. The zero-order valence-corrected chi connectivity index (χ0v) is 34.3. The van der Waals surface area contributed by atoms with E-state index < -0.39 is 0 Å². The third kappa shape index (κ3) is 4.70. The highest BCUT2D eigenvalue weighted by Gasteiger charge is 2.36. The molecule has 12 aromatic rings. The number of thiophene rings is 2. The van der Waals surface area contributed by atoms with Crippen LogP contribution < -0.4 is 0 Å². The van der Waals surface area contributed by atoms with Crippen LogP contribution in [-0.4, -0.2) is 0 Å². The Balaban J connectivity index is 0.938. The van der Waals surface area contributed by atoms with Crippen LogP contribution in [0.2, 0.25) is 0 Å². The lowest BCUT2D eigenvalue weighted by atomic mass is 9.80. The average molecular weight is 785 g/mol. The van der Waals surface area contributed by atoms with Crippen molar-refractivity contribution >= 4 is 95.3 Å². The van der Waals surface area contributed by atoms with Crippen molar-refractivity contribution in [3.63, 3.8) is 0 Å². The molecule has 59 heavy (non-hydrogen) atoms. The van der Waals surface area contributed by atoms with E-state index in [9.17, 15) is 0 Å². The Bertz CT molecular complexity index is 3690. The van der Waals surface area contributed by atoms with Gasteiger partial charge in [0.2, 0.25) is 0 Å². The maximum absolute atomic E-state index is 2.49. The van der Waals surface area contributed by atoms with Gasteiger partial charge in [0.1, 0.15) is 0 Å². The van der Waals surface area contributed by atoms with Crippen molar-refractivity contribution in [2.45, 2.75) is 19.3 Å². The van der Waals surface area contributed by atoms with Crippen molar-refractivity contribution in [3.8, 4) is 44.5 Å². The molecule has 0 nitrogen and oxygen atoms in total. The highest BCUT2D eigenvalue weighted by atomic mass is 32.1. The fourth-order valence-corrected chi connectivity index (χ4v) is 13.1. The van der Waals surface area contributed by atoms with E-state index >= 15 is 0 Å². The topological polar surface area (TPSA) is 0 Å². The SMILES string of the molecule is CC1(C)c2ccc(-c3ccc4c(c3)sc3c4ccc4c3sc3ccc5ccccc5c34)cc2-c2ccc(-c3c4ccccc4c(-c4ccccc4)c4ccccc34)cc21. The zero-order chi connectivity index (χ0) is 39.0. The van der Waals surface area contributed by atoms with Crippen LogP contribution >= 0.6 is 22.7 Å². The Morgan fingerprint density at radius 3 is 1.68 bits per heavy atom. The van der Waals surface area contributed by atoms with Gasteiger partial charge < -0.3 is 0 Å². The van der Waals surface area contributed by atoms with Crippen LogP contribution in [0.4, 0.5) is 0 Å². The van der Waals surface area contributed by atoms with Crippen LogP contribution in [0.5, 0.6) is 0 Å². The van der Waals surface area contributed by atoms with E-state index in [1.165, 1.54) is 128 Å². The maximum Gasteiger partial charge on any atom is 0.0534 e. The van der Waals surface area contributed by atoms with E-state index in [4.69, 9.17) is 0 Å². The molecule has 2 aromatic heterocycles. The predicted molar refractivity (Wildman–Crippen MR) is 259 cm³/mol. The minimum atomic E-state index is -0.134. The molecule has 276 valence electrons. The number of hydrogen-bond donors (Lipinski definition) is 0. The summed E-state index contributed by atoms with van der Waals surface area (Å²) >= 11 is 3.88. The standard InChI is InChI=1S/C57H36S2/c1-57(2)48-28-22-35(36-20-25-40-45-26-27-46-54-38-15-7-6-12-33(38)23-29-50(54)58-56(46)55(45)59-51(40)32-36)30-47(48)39-24-21-37(31-49(39)57)53-43-18-10-8-16-41(43)52(34-13-4-3-5-14-34)42-17-9-11-19-44(42)53/h3-32H,1-2H3. The molecule has 0 fully saturated rings. The summed E-state index contributed by atoms with van der Waals surface area (Å²) in [6, 6.07) is 68.5. The Hall–Kier alpha value is -6.58. The molecule has 0 bridgehead atoms. The summed E-state index contributed by atoms with van der Waals surface area (Å²) in [6.07, 6.45) is 0. The van der Waals surface area contributed by atoms with Gasteiger partial charge in [0.05, 0.1) is 9.40 Å². The van der Waals surface area contributed by atoms with Crippen molar-refractivity contribution in [1.29, 1.82) is 0 Å². The molecule has 0 atom stereocenters. The molecule has 0 amide bonds. The van der Waals surface area contributed by atoms with E-state index in [-0.39, 0.29) is 5.41 Å². The number of hydrogen-bond acceptors (Lipinski definition) is 2. The largest absolute Gasteiger partial charge is 0.134 e. The Morgan fingerprint density at radius 2 is 0.915 bits per heavy atom. The molecule has 0 radical (unpaired) electrons. The predicted octanol–water partition coefficient (Wildman–Crippen LogP) is 17.2. The summed E-state index contributed by atoms with van der Waals surface area (Å²) in [6.45, 7) is 4.80. The average Bonchev–Trinajstić information content (AvgIpc) is 3.93. The van der Waals surface area contributed by atoms with Gasteiger partial charge >= 0.3 is 0 Å². The molecular weight excluding hydrogens is 749 g/mol. The van der Waals surface area contributed by atoms with Gasteiger partial charge in [-0.05, 0) is 112 Å². The summed E-state index contributed by atoms with van der Waals surface area (Å²) in [5.41, 5.74) is 13.0. The molecular formula is C57H36S2. The van der Waals surface area contributed by atoms with Gasteiger partial charge in [-0.3, -0.25) is 0 Å². The molecule has 0 saturated heterocycles. The first-order chi connectivity index (χ1) is 29.0. The number of rotatable bonds is 3. The molecule has 2 heteroatoms. The van der Waals surface area contributed by atoms with Crippen molar-refractivity contribution < 1.29 is 0 Å². The summed E-state index contributed by atoms with van der Waals surface area (Å²) in [7, 11) is 0. The minimum Gasteiger partial charge on any atom is -0.134 e. The Kier molecular flexibility index (Phi) is 6.92. The van der Waals surface area contributed by atoms with Crippen LogP contribution in [0.25, 0.3) is 117 Å². The third-order valence-electron chi connectivity index (χ3n) is 13.3. The van der Waals surface area contributed by atoms with Crippen molar-refractivity contribution in [3.05, 3.63) is 193 Å². The highest BCUT2D eigenvalue weighted by Crippen LogP contribution is 2.53. The normalized spacial score (nSPS) is 13.4. The lowest BCUT2D eigenvalue weighted by molar-refractivity contribution is 0.660. The molecule has 0 saturated carbocycles. The molecule has 1 aliphatic rings. The molecule has 2 heterocycles. The van der Waals surface area contributed by atoms with E-state index in [0.29, 0.717) is 0 Å². The third-order valence-corrected chi connectivity index (χ3v) is 15.8. The van der Waals surface area contributed by atoms with Crippen LogP contribution in [-0.2, 0) is 5.41 Å². The van der Waals surface area contributed by atoms with Crippen molar-refractivity contribution in [1.82, 2.24) is 0 Å². The zero-order valence-electron chi connectivity index (χ0n) is 32.6. The van der Waals surface area contributed by atoms with Gasteiger partial charge in [-0.15, -0.1) is 22.7 Å². The molecule has 0 aliphatic heterocycles. The first-order valence-electron chi connectivity index (χ1n) is 20.5. The van der Waals surface area contributed by atoms with Crippen molar-refractivity contribution in [2.24, 2.45) is 0 Å². The number of fused-ring (bicyclic) bond motifs is 14. The van der Waals surface area contributed by atoms with Crippen LogP contribution in [0, 0.1) is 0 Å². The first-order valence-corrected chi connectivity index (χ1v) is 22.1. The molecule has 10 aromatic carbocycles. The second kappa shape index (κ2) is 12.2. The molecule has 0 unspecified atom stereocenters. The Morgan fingerprint density at radius 1 is 0.339 bits per heavy atom. The van der Waals surface area contributed by atoms with Gasteiger partial charge in [-0.1, -0.05) is 172 Å². The fraction of sp³-hybridized carbons (Fsp3) is 0.0526. The lowest BCUT2D eigenvalue weighted by Crippen LogP contribution is -2.15. The first kappa shape index (κ1) is 33.4. The molecule has 1 aliphatic carbocycles. The van der Waals surface area contributed by atoms with Gasteiger partial charge in [0.15, 0.2) is 0 Å². The smallest absolute Gasteiger partial charge is 0.0534 e. The summed E-state index contributed by atoms with van der Waals surface area (Å²) in [4.78, 5) is 0. The second-order valence-electron chi connectivity index (χ2n) is 16.7. The van der Waals surface area contributed by atoms with Gasteiger partial charge in [-0.2, -0.15) is 0 Å². The summed E-state index contributed by atoms with van der Waals surface area (Å²) in [5.74, 6) is 0. The summed E-state index contributed by atoms with van der Waals surface area (Å²) < 4.78 is 5.51. The molecule has 13 rings (SSSR count). The maximum atomic E-state index is 2.49. The second-order valence-corrected chi connectivity index (χ2v) is 18.9. The van der Waals surface area contributed by atoms with E-state index in [1.54, 1.807) is 0 Å². The summed E-state index contributed by atoms with van der Waals surface area (Å²) in [5, 5.41) is 13.3. The van der Waals surface area contributed by atoms with Crippen molar-refractivity contribution in [2.75, 3.05) is 0 Å². The van der Waals surface area contributed by atoms with Gasteiger partial charge in [0, 0.05) is 36.4 Å².